The predicted molar refractivity (Wildman–Crippen MR) is 67.7 cm³/mol. The van der Waals surface area contributed by atoms with E-state index in [0.29, 0.717) is 6.04 Å². The lowest BCUT2D eigenvalue weighted by molar-refractivity contribution is 0.270. The molecule has 0 saturated heterocycles. The van der Waals surface area contributed by atoms with Crippen LogP contribution in [0.2, 0.25) is 0 Å². The van der Waals surface area contributed by atoms with Crippen molar-refractivity contribution in [2.45, 2.75) is 31.0 Å². The highest BCUT2D eigenvalue weighted by Gasteiger charge is 2.09. The van der Waals surface area contributed by atoms with Crippen LogP contribution in [0.25, 0.3) is 0 Å². The second-order valence-electron chi connectivity index (χ2n) is 3.80. The Morgan fingerprint density at radius 2 is 2.44 bits per heavy atom. The van der Waals surface area contributed by atoms with Gasteiger partial charge >= 0.3 is 0 Å². The molecule has 1 atom stereocenters. The summed E-state index contributed by atoms with van der Waals surface area (Å²) < 4.78 is 2.01. The van der Waals surface area contributed by atoms with Gasteiger partial charge in [-0.3, -0.25) is 0 Å². The average molecular weight is 243 g/mol. The molecular formula is C11H21N3OS. The number of imidazole rings is 1. The van der Waals surface area contributed by atoms with Crippen molar-refractivity contribution in [3.8, 4) is 0 Å². The zero-order chi connectivity index (χ0) is 11.8. The molecule has 0 amide bonds. The fraction of sp³-hybridized carbons (Fsp3) is 0.727. The first-order chi connectivity index (χ1) is 7.77. The molecule has 1 heterocycles. The van der Waals surface area contributed by atoms with E-state index in [1.54, 1.807) is 11.8 Å². The number of hydrogen-bond donors (Lipinski definition) is 2. The molecule has 2 N–H and O–H groups in total. The summed E-state index contributed by atoms with van der Waals surface area (Å²) in [5.41, 5.74) is 0. The van der Waals surface area contributed by atoms with Gasteiger partial charge in [-0.15, -0.1) is 0 Å². The maximum Gasteiger partial charge on any atom is 0.167 e. The number of thioether (sulfide) groups is 1. The smallest absolute Gasteiger partial charge is 0.167 e. The van der Waals surface area contributed by atoms with Crippen LogP contribution in [0, 0.1) is 0 Å². The van der Waals surface area contributed by atoms with Crippen molar-refractivity contribution in [3.63, 3.8) is 0 Å². The number of nitrogens with one attached hydrogen (secondary N) is 1. The molecule has 4 nitrogen and oxygen atoms in total. The predicted octanol–water partition coefficient (Wildman–Crippen LogP) is 1.26. The van der Waals surface area contributed by atoms with Crippen LogP contribution in [-0.2, 0) is 7.05 Å². The Labute approximate surface area is 101 Å². The van der Waals surface area contributed by atoms with Crippen molar-refractivity contribution >= 4 is 11.8 Å². The largest absolute Gasteiger partial charge is 0.396 e. The summed E-state index contributed by atoms with van der Waals surface area (Å²) >= 11 is 1.73. The van der Waals surface area contributed by atoms with Crippen LogP contribution in [-0.4, -0.2) is 39.6 Å². The third kappa shape index (κ3) is 4.55. The van der Waals surface area contributed by atoms with Gasteiger partial charge in [-0.05, 0) is 19.4 Å². The quantitative estimate of drug-likeness (QED) is 0.675. The minimum absolute atomic E-state index is 0.239. The molecule has 1 rings (SSSR count). The molecule has 1 aromatic heterocycles. The van der Waals surface area contributed by atoms with Crippen molar-refractivity contribution in [2.75, 3.05) is 18.9 Å². The Kier molecular flexibility index (Phi) is 6.52. The van der Waals surface area contributed by atoms with Gasteiger partial charge in [-0.1, -0.05) is 18.7 Å². The molecule has 1 aromatic rings. The number of aliphatic hydroxyl groups excluding tert-OH is 1. The molecule has 0 aliphatic rings. The molecule has 0 aliphatic carbocycles. The summed E-state index contributed by atoms with van der Waals surface area (Å²) in [7, 11) is 2.00. The summed E-state index contributed by atoms with van der Waals surface area (Å²) in [6.45, 7) is 3.39. The number of rotatable bonds is 8. The van der Waals surface area contributed by atoms with E-state index in [1.165, 1.54) is 0 Å². The van der Waals surface area contributed by atoms with E-state index in [9.17, 15) is 0 Å². The highest BCUT2D eigenvalue weighted by Crippen LogP contribution is 2.16. The summed E-state index contributed by atoms with van der Waals surface area (Å²) in [5, 5.41) is 13.4. The summed E-state index contributed by atoms with van der Waals surface area (Å²) in [6, 6.07) is 0.367. The fourth-order valence-corrected chi connectivity index (χ4v) is 2.45. The highest BCUT2D eigenvalue weighted by atomic mass is 32.2. The SMILES string of the molecule is CCCNC(CCO)CSc1nccn1C. The minimum Gasteiger partial charge on any atom is -0.396 e. The summed E-state index contributed by atoms with van der Waals surface area (Å²) in [6.07, 6.45) is 5.68. The van der Waals surface area contributed by atoms with Crippen LogP contribution in [0.3, 0.4) is 0 Å². The van der Waals surface area contributed by atoms with E-state index < -0.39 is 0 Å². The molecule has 16 heavy (non-hydrogen) atoms. The average Bonchev–Trinajstić information content (AvgIpc) is 2.68. The lowest BCUT2D eigenvalue weighted by Crippen LogP contribution is -2.32. The van der Waals surface area contributed by atoms with E-state index in [1.807, 2.05) is 24.0 Å². The second-order valence-corrected chi connectivity index (χ2v) is 4.78. The molecule has 5 heteroatoms. The molecule has 0 saturated carbocycles. The lowest BCUT2D eigenvalue weighted by Gasteiger charge is -2.16. The number of aryl methyl sites for hydroxylation is 1. The zero-order valence-corrected chi connectivity index (χ0v) is 10.8. The molecule has 0 bridgehead atoms. The number of hydrogen-bond acceptors (Lipinski definition) is 4. The Balaban J connectivity index is 2.34. The molecule has 92 valence electrons. The van der Waals surface area contributed by atoms with Gasteiger partial charge in [0, 0.05) is 37.8 Å². The Hall–Kier alpha value is -0.520. The summed E-state index contributed by atoms with van der Waals surface area (Å²) in [4.78, 5) is 4.26. The van der Waals surface area contributed by atoms with E-state index in [-0.39, 0.29) is 6.61 Å². The van der Waals surface area contributed by atoms with Gasteiger partial charge in [-0.25, -0.2) is 4.98 Å². The standard InChI is InChI=1S/C11H21N3OS/c1-3-5-12-10(4-8-15)9-16-11-13-6-7-14(11)2/h6-7,10,12,15H,3-5,8-9H2,1-2H3. The number of aliphatic hydroxyl groups is 1. The highest BCUT2D eigenvalue weighted by molar-refractivity contribution is 7.99. The lowest BCUT2D eigenvalue weighted by atomic mass is 10.2. The normalized spacial score (nSPS) is 12.9. The van der Waals surface area contributed by atoms with Crippen molar-refractivity contribution < 1.29 is 5.11 Å². The first kappa shape index (κ1) is 13.5. The van der Waals surface area contributed by atoms with Gasteiger partial charge in [-0.2, -0.15) is 0 Å². The molecule has 1 unspecified atom stereocenters. The van der Waals surface area contributed by atoms with Crippen LogP contribution in [0.4, 0.5) is 0 Å². The Bertz CT molecular complexity index is 291. The van der Waals surface area contributed by atoms with Gasteiger partial charge in [0.2, 0.25) is 0 Å². The molecular weight excluding hydrogens is 222 g/mol. The Morgan fingerprint density at radius 3 is 3.00 bits per heavy atom. The monoisotopic (exact) mass is 243 g/mol. The minimum atomic E-state index is 0.239. The molecule has 0 aliphatic heterocycles. The van der Waals surface area contributed by atoms with Crippen molar-refractivity contribution in [3.05, 3.63) is 12.4 Å². The maximum atomic E-state index is 8.98. The molecule has 0 spiro atoms. The molecule has 0 fully saturated rings. The second kappa shape index (κ2) is 7.70. The van der Waals surface area contributed by atoms with Crippen LogP contribution < -0.4 is 5.32 Å². The first-order valence-corrected chi connectivity index (χ1v) is 6.70. The third-order valence-corrected chi connectivity index (χ3v) is 3.57. The van der Waals surface area contributed by atoms with E-state index >= 15 is 0 Å². The maximum absolute atomic E-state index is 8.98. The molecule has 0 aromatic carbocycles. The van der Waals surface area contributed by atoms with Crippen LogP contribution in [0.1, 0.15) is 19.8 Å². The van der Waals surface area contributed by atoms with Crippen LogP contribution >= 0.6 is 11.8 Å². The summed E-state index contributed by atoms with van der Waals surface area (Å²) in [5.74, 6) is 0.950. The van der Waals surface area contributed by atoms with Crippen molar-refractivity contribution in [1.29, 1.82) is 0 Å². The van der Waals surface area contributed by atoms with Gasteiger partial charge in [0.1, 0.15) is 0 Å². The van der Waals surface area contributed by atoms with Crippen molar-refractivity contribution in [2.24, 2.45) is 7.05 Å². The van der Waals surface area contributed by atoms with Gasteiger partial charge in [0.15, 0.2) is 5.16 Å². The van der Waals surface area contributed by atoms with Crippen LogP contribution in [0.5, 0.6) is 0 Å². The van der Waals surface area contributed by atoms with E-state index in [2.05, 4.69) is 17.2 Å². The van der Waals surface area contributed by atoms with Crippen LogP contribution in [0.15, 0.2) is 17.6 Å². The van der Waals surface area contributed by atoms with Gasteiger partial charge in [0.25, 0.3) is 0 Å². The molecule has 0 radical (unpaired) electrons. The van der Waals surface area contributed by atoms with Gasteiger partial charge < -0.3 is 15.0 Å². The topological polar surface area (TPSA) is 50.1 Å². The fourth-order valence-electron chi connectivity index (χ4n) is 1.41. The van der Waals surface area contributed by atoms with E-state index in [4.69, 9.17) is 5.11 Å². The third-order valence-electron chi connectivity index (χ3n) is 2.35. The van der Waals surface area contributed by atoms with Gasteiger partial charge in [0.05, 0.1) is 0 Å². The number of nitrogens with zero attached hydrogens (tertiary/aromatic N) is 2. The van der Waals surface area contributed by atoms with Crippen molar-refractivity contribution in [1.82, 2.24) is 14.9 Å². The first-order valence-electron chi connectivity index (χ1n) is 5.72. The zero-order valence-electron chi connectivity index (χ0n) is 10.0. The Morgan fingerprint density at radius 1 is 1.62 bits per heavy atom. The van der Waals surface area contributed by atoms with E-state index in [0.717, 1.165) is 30.3 Å². The number of aromatic nitrogens is 2.